The first-order valence-electron chi connectivity index (χ1n) is 14.1. The molecular formula is C32H36N4O4. The fourth-order valence-electron chi connectivity index (χ4n) is 5.94. The average molecular weight is 541 g/mol. The SMILES string of the molecule is COc1cccc(-c2nc(C3CCCN(C(=O)Nc4ccc(OC)c(OC5CCCC5)c4)C3)n3ccccc23)c1. The maximum atomic E-state index is 13.4. The van der Waals surface area contributed by atoms with Gasteiger partial charge in [0.15, 0.2) is 11.5 Å². The number of likely N-dealkylation sites (tertiary alicyclic amines) is 1. The molecule has 1 saturated heterocycles. The van der Waals surface area contributed by atoms with Gasteiger partial charge in [0.1, 0.15) is 11.6 Å². The van der Waals surface area contributed by atoms with E-state index >= 15 is 0 Å². The van der Waals surface area contributed by atoms with Gasteiger partial charge in [0, 0.05) is 42.5 Å². The highest BCUT2D eigenvalue weighted by molar-refractivity contribution is 5.90. The van der Waals surface area contributed by atoms with Crippen LogP contribution in [0.4, 0.5) is 10.5 Å². The first-order chi connectivity index (χ1) is 19.6. The van der Waals surface area contributed by atoms with Crippen molar-refractivity contribution in [1.29, 1.82) is 0 Å². The Bertz CT molecular complexity index is 1490. The molecule has 8 nitrogen and oxygen atoms in total. The first kappa shape index (κ1) is 26.0. The van der Waals surface area contributed by atoms with Gasteiger partial charge in [-0.25, -0.2) is 9.78 Å². The molecule has 2 aromatic carbocycles. The highest BCUT2D eigenvalue weighted by Crippen LogP contribution is 2.35. The number of fused-ring (bicyclic) bond motifs is 1. The van der Waals surface area contributed by atoms with E-state index in [2.05, 4.69) is 28.0 Å². The largest absolute Gasteiger partial charge is 0.497 e. The third-order valence-corrected chi connectivity index (χ3v) is 8.00. The lowest BCUT2D eigenvalue weighted by Gasteiger charge is -2.32. The highest BCUT2D eigenvalue weighted by atomic mass is 16.5. The number of carbonyl (C=O) groups is 1. The van der Waals surface area contributed by atoms with Crippen LogP contribution in [0.15, 0.2) is 66.9 Å². The van der Waals surface area contributed by atoms with Crippen molar-refractivity contribution in [3.63, 3.8) is 0 Å². The van der Waals surface area contributed by atoms with E-state index in [4.69, 9.17) is 19.2 Å². The highest BCUT2D eigenvalue weighted by Gasteiger charge is 2.29. The lowest BCUT2D eigenvalue weighted by molar-refractivity contribution is 0.191. The van der Waals surface area contributed by atoms with Gasteiger partial charge in [-0.05, 0) is 74.9 Å². The number of nitrogens with zero attached hydrogens (tertiary/aromatic N) is 3. The van der Waals surface area contributed by atoms with Gasteiger partial charge in [-0.2, -0.15) is 0 Å². The van der Waals surface area contributed by atoms with Gasteiger partial charge in [-0.3, -0.25) is 0 Å². The molecule has 4 aromatic rings. The van der Waals surface area contributed by atoms with Crippen LogP contribution in [0.2, 0.25) is 0 Å². The predicted octanol–water partition coefficient (Wildman–Crippen LogP) is 6.75. The Morgan fingerprint density at radius 2 is 1.80 bits per heavy atom. The Labute approximate surface area is 234 Å². The van der Waals surface area contributed by atoms with Crippen LogP contribution in [-0.2, 0) is 0 Å². The molecule has 6 rings (SSSR count). The summed E-state index contributed by atoms with van der Waals surface area (Å²) in [5.41, 5.74) is 3.67. The molecule has 1 saturated carbocycles. The quantitative estimate of drug-likeness (QED) is 0.281. The van der Waals surface area contributed by atoms with Crippen molar-refractivity contribution in [2.45, 2.75) is 50.5 Å². The molecule has 2 aromatic heterocycles. The molecule has 0 bridgehead atoms. The van der Waals surface area contributed by atoms with Crippen molar-refractivity contribution in [3.05, 3.63) is 72.7 Å². The summed E-state index contributed by atoms with van der Waals surface area (Å²) in [7, 11) is 3.31. The molecule has 1 N–H and O–H groups in total. The summed E-state index contributed by atoms with van der Waals surface area (Å²) in [6.45, 7) is 1.30. The monoisotopic (exact) mass is 540 g/mol. The molecule has 8 heteroatoms. The van der Waals surface area contributed by atoms with Crippen LogP contribution >= 0.6 is 0 Å². The minimum Gasteiger partial charge on any atom is -0.497 e. The molecule has 1 unspecified atom stereocenters. The molecule has 3 heterocycles. The smallest absolute Gasteiger partial charge is 0.321 e. The summed E-state index contributed by atoms with van der Waals surface area (Å²) in [6.07, 6.45) is 8.62. The lowest BCUT2D eigenvalue weighted by atomic mass is 9.97. The van der Waals surface area contributed by atoms with Gasteiger partial charge in [-0.1, -0.05) is 18.2 Å². The van der Waals surface area contributed by atoms with Crippen LogP contribution in [0.3, 0.4) is 0 Å². The second kappa shape index (κ2) is 11.5. The number of methoxy groups -OCH3 is 2. The van der Waals surface area contributed by atoms with Crippen LogP contribution in [0.5, 0.6) is 17.2 Å². The first-order valence-corrected chi connectivity index (χ1v) is 14.1. The second-order valence-electron chi connectivity index (χ2n) is 10.6. The minimum absolute atomic E-state index is 0.115. The maximum absolute atomic E-state index is 13.4. The van der Waals surface area contributed by atoms with Crippen molar-refractivity contribution in [3.8, 4) is 28.5 Å². The summed E-state index contributed by atoms with van der Waals surface area (Å²) < 4.78 is 19.4. The van der Waals surface area contributed by atoms with Gasteiger partial charge in [0.2, 0.25) is 0 Å². The van der Waals surface area contributed by atoms with Gasteiger partial charge in [-0.15, -0.1) is 0 Å². The Kier molecular flexibility index (Phi) is 7.49. The molecule has 208 valence electrons. The van der Waals surface area contributed by atoms with E-state index in [1.807, 2.05) is 53.4 Å². The topological polar surface area (TPSA) is 77.3 Å². The summed E-state index contributed by atoms with van der Waals surface area (Å²) >= 11 is 0. The number of urea groups is 1. The van der Waals surface area contributed by atoms with E-state index in [9.17, 15) is 4.79 Å². The van der Waals surface area contributed by atoms with E-state index in [-0.39, 0.29) is 18.1 Å². The fraction of sp³-hybridized carbons (Fsp3) is 0.375. The summed E-state index contributed by atoms with van der Waals surface area (Å²) in [4.78, 5) is 20.4. The molecule has 1 aliphatic carbocycles. The zero-order valence-electron chi connectivity index (χ0n) is 23.1. The summed E-state index contributed by atoms with van der Waals surface area (Å²) in [5, 5.41) is 3.09. The molecule has 2 fully saturated rings. The number of piperidine rings is 1. The molecular weight excluding hydrogens is 504 g/mol. The Morgan fingerprint density at radius 1 is 0.925 bits per heavy atom. The average Bonchev–Trinajstić information content (AvgIpc) is 3.66. The third-order valence-electron chi connectivity index (χ3n) is 8.00. The Balaban J connectivity index is 1.21. The summed E-state index contributed by atoms with van der Waals surface area (Å²) in [6, 6.07) is 19.6. The molecule has 1 atom stereocenters. The van der Waals surface area contributed by atoms with E-state index < -0.39 is 0 Å². The van der Waals surface area contributed by atoms with Gasteiger partial charge in [0.25, 0.3) is 0 Å². The number of ether oxygens (including phenoxy) is 3. The number of anilines is 1. The number of nitrogens with one attached hydrogen (secondary N) is 1. The van der Waals surface area contributed by atoms with E-state index in [1.165, 1.54) is 12.8 Å². The van der Waals surface area contributed by atoms with Crippen LogP contribution in [0.25, 0.3) is 16.8 Å². The zero-order chi connectivity index (χ0) is 27.5. The zero-order valence-corrected chi connectivity index (χ0v) is 23.1. The number of rotatable bonds is 7. The van der Waals surface area contributed by atoms with Crippen molar-refractivity contribution < 1.29 is 19.0 Å². The molecule has 2 aliphatic rings. The van der Waals surface area contributed by atoms with Crippen molar-refractivity contribution in [2.24, 2.45) is 0 Å². The minimum atomic E-state index is -0.115. The molecule has 2 amide bonds. The number of pyridine rings is 1. The molecule has 0 radical (unpaired) electrons. The number of carbonyl (C=O) groups excluding carboxylic acids is 1. The van der Waals surface area contributed by atoms with Gasteiger partial charge < -0.3 is 28.8 Å². The number of benzene rings is 2. The third kappa shape index (κ3) is 5.30. The number of aromatic nitrogens is 2. The van der Waals surface area contributed by atoms with Crippen molar-refractivity contribution >= 4 is 17.2 Å². The maximum Gasteiger partial charge on any atom is 0.321 e. The molecule has 0 spiro atoms. The van der Waals surface area contributed by atoms with Crippen LogP contribution < -0.4 is 19.5 Å². The predicted molar refractivity (Wildman–Crippen MR) is 156 cm³/mol. The number of hydrogen-bond acceptors (Lipinski definition) is 5. The normalized spacial score (nSPS) is 17.6. The Hall–Kier alpha value is -4.20. The van der Waals surface area contributed by atoms with E-state index in [0.29, 0.717) is 30.3 Å². The molecule has 40 heavy (non-hydrogen) atoms. The van der Waals surface area contributed by atoms with Gasteiger partial charge in [0.05, 0.1) is 31.5 Å². The summed E-state index contributed by atoms with van der Waals surface area (Å²) in [5.74, 6) is 3.25. The standard InChI is InChI=1S/C32H36N4O4/c1-38-26-13-7-9-22(19-26)30-27-14-5-6-18-36(27)31(34-30)23-10-8-17-35(21-23)32(37)33-24-15-16-28(39-2)29(20-24)40-25-11-3-4-12-25/h5-7,9,13-16,18-20,23,25H,3-4,8,10-12,17,21H2,1-2H3,(H,33,37). The number of imidazole rings is 1. The van der Waals surface area contributed by atoms with E-state index in [0.717, 1.165) is 54.0 Å². The fourth-order valence-corrected chi connectivity index (χ4v) is 5.94. The number of amides is 2. The van der Waals surface area contributed by atoms with Crippen LogP contribution in [-0.4, -0.2) is 53.7 Å². The molecule has 1 aliphatic heterocycles. The van der Waals surface area contributed by atoms with Crippen LogP contribution in [0.1, 0.15) is 50.3 Å². The Morgan fingerprint density at radius 3 is 2.62 bits per heavy atom. The second-order valence-corrected chi connectivity index (χ2v) is 10.6. The van der Waals surface area contributed by atoms with Crippen LogP contribution in [0, 0.1) is 0 Å². The van der Waals surface area contributed by atoms with E-state index in [1.54, 1.807) is 14.2 Å². The number of hydrogen-bond donors (Lipinski definition) is 1. The van der Waals surface area contributed by atoms with Gasteiger partial charge >= 0.3 is 6.03 Å². The van der Waals surface area contributed by atoms with Crippen molar-refractivity contribution in [2.75, 3.05) is 32.6 Å². The van der Waals surface area contributed by atoms with Crippen molar-refractivity contribution in [1.82, 2.24) is 14.3 Å². The lowest BCUT2D eigenvalue weighted by Crippen LogP contribution is -2.42.